The number of aromatic nitrogens is 2. The van der Waals surface area contributed by atoms with Crippen LogP contribution in [0.2, 0.25) is 0 Å². The number of hydrogen-bond acceptors (Lipinski definition) is 1. The van der Waals surface area contributed by atoms with E-state index in [0.717, 1.165) is 13.0 Å². The van der Waals surface area contributed by atoms with Crippen molar-refractivity contribution in [3.05, 3.63) is 18.5 Å². The predicted octanol–water partition coefficient (Wildman–Crippen LogP) is -1.90. The van der Waals surface area contributed by atoms with Crippen LogP contribution in [0.15, 0.2) is 12.4 Å². The van der Waals surface area contributed by atoms with E-state index in [2.05, 4.69) is 18.1 Å². The molecule has 1 heterocycles. The van der Waals surface area contributed by atoms with Crippen molar-refractivity contribution in [3.63, 3.8) is 0 Å². The molecule has 0 amide bonds. The van der Waals surface area contributed by atoms with Crippen LogP contribution in [-0.2, 0) is 6.54 Å². The molecule has 0 atom stereocenters. The predicted molar refractivity (Wildman–Crippen MR) is 31.4 cm³/mol. The molecule has 0 radical (unpaired) electrons. The molecule has 0 spiro atoms. The maximum atomic E-state index is 3.97. The molecule has 0 unspecified atom stereocenters. The minimum atomic E-state index is 0. The molecule has 0 saturated carbocycles. The van der Waals surface area contributed by atoms with Crippen LogP contribution >= 0.6 is 0 Å². The Hall–Kier alpha value is -0.193. The zero-order chi connectivity index (χ0) is 5.82. The van der Waals surface area contributed by atoms with Crippen LogP contribution in [0.25, 0.3) is 0 Å². The topological polar surface area (TPSA) is 17.8 Å². The first-order chi connectivity index (χ1) is 3.93. The Morgan fingerprint density at radius 1 is 1.67 bits per heavy atom. The van der Waals surface area contributed by atoms with Crippen molar-refractivity contribution >= 4 is 0 Å². The molecule has 0 aromatic carbocycles. The second-order valence-corrected chi connectivity index (χ2v) is 1.70. The van der Waals surface area contributed by atoms with E-state index in [1.165, 1.54) is 0 Å². The van der Waals surface area contributed by atoms with Crippen LogP contribution in [0.4, 0.5) is 0 Å². The van der Waals surface area contributed by atoms with E-state index in [1.54, 1.807) is 6.20 Å². The van der Waals surface area contributed by atoms with Crippen LogP contribution in [-0.4, -0.2) is 9.78 Å². The van der Waals surface area contributed by atoms with Crippen molar-refractivity contribution in [1.82, 2.24) is 9.78 Å². The Morgan fingerprint density at radius 3 is 2.89 bits per heavy atom. The quantitative estimate of drug-likeness (QED) is 0.326. The fourth-order valence-corrected chi connectivity index (χ4v) is 0.612. The molecule has 0 bridgehead atoms. The van der Waals surface area contributed by atoms with E-state index in [9.17, 15) is 0 Å². The third kappa shape index (κ3) is 2.74. The molecule has 0 fully saturated rings. The summed E-state index contributed by atoms with van der Waals surface area (Å²) < 4.78 is 1.88. The van der Waals surface area contributed by atoms with Crippen molar-refractivity contribution in [2.75, 3.05) is 0 Å². The van der Waals surface area contributed by atoms with Gasteiger partial charge in [-0.2, -0.15) is 6.20 Å². The van der Waals surface area contributed by atoms with Gasteiger partial charge < -0.3 is 10.7 Å². The van der Waals surface area contributed by atoms with Crippen molar-refractivity contribution < 1.29 is 18.9 Å². The monoisotopic (exact) mass is 116 g/mol. The van der Waals surface area contributed by atoms with E-state index in [-0.39, 0.29) is 18.9 Å². The molecule has 44 valence electrons. The first-order valence-corrected chi connectivity index (χ1v) is 2.82. The van der Waals surface area contributed by atoms with Crippen molar-refractivity contribution in [3.8, 4) is 0 Å². The van der Waals surface area contributed by atoms with Crippen molar-refractivity contribution in [2.45, 2.75) is 19.9 Å². The van der Waals surface area contributed by atoms with Gasteiger partial charge in [0.2, 0.25) is 0 Å². The van der Waals surface area contributed by atoms with Crippen LogP contribution < -0.4 is 18.9 Å². The van der Waals surface area contributed by atoms with Crippen LogP contribution in [0.1, 0.15) is 13.3 Å². The fourth-order valence-electron chi connectivity index (χ4n) is 0.612. The molecule has 0 saturated heterocycles. The Morgan fingerprint density at radius 2 is 2.44 bits per heavy atom. The van der Waals surface area contributed by atoms with Gasteiger partial charge in [0.15, 0.2) is 0 Å². The Labute approximate surface area is 67.4 Å². The minimum Gasteiger partial charge on any atom is -0.432 e. The van der Waals surface area contributed by atoms with Gasteiger partial charge in [-0.1, -0.05) is 6.92 Å². The third-order valence-electron chi connectivity index (χ3n) is 0.957. The smallest absolute Gasteiger partial charge is 0.432 e. The summed E-state index contributed by atoms with van der Waals surface area (Å²) in [5.41, 5.74) is 0. The van der Waals surface area contributed by atoms with Crippen LogP contribution in [0.5, 0.6) is 0 Å². The van der Waals surface area contributed by atoms with Gasteiger partial charge >= 0.3 is 18.9 Å². The molecule has 1 aromatic rings. The number of aryl methyl sites for hydroxylation is 1. The third-order valence-corrected chi connectivity index (χ3v) is 0.957. The van der Waals surface area contributed by atoms with Gasteiger partial charge in [0.05, 0.1) is 0 Å². The van der Waals surface area contributed by atoms with Crippen molar-refractivity contribution in [1.29, 1.82) is 0 Å². The van der Waals surface area contributed by atoms with Gasteiger partial charge in [-0.05, 0) is 6.42 Å². The largest absolute Gasteiger partial charge is 1.00 e. The molecular weight excluding hydrogens is 107 g/mol. The molecule has 3 heteroatoms. The van der Waals surface area contributed by atoms with Gasteiger partial charge in [0, 0.05) is 6.54 Å². The molecule has 0 aliphatic carbocycles. The van der Waals surface area contributed by atoms with E-state index >= 15 is 0 Å². The Kier molecular flexibility index (Phi) is 4.56. The molecule has 0 aliphatic rings. The summed E-state index contributed by atoms with van der Waals surface area (Å²) in [6, 6.07) is 2.87. The van der Waals surface area contributed by atoms with Gasteiger partial charge in [0.25, 0.3) is 0 Å². The minimum absolute atomic E-state index is 0. The number of rotatable bonds is 2. The Bertz CT molecular complexity index is 137. The normalized spacial score (nSPS) is 8.56. The fraction of sp³-hybridized carbons (Fsp3) is 0.500. The SMILES string of the molecule is CCCn1c[c-]cn1.[Li+]. The molecule has 0 N–H and O–H groups in total. The maximum absolute atomic E-state index is 3.97. The summed E-state index contributed by atoms with van der Waals surface area (Å²) in [6.45, 7) is 3.13. The summed E-state index contributed by atoms with van der Waals surface area (Å²) in [7, 11) is 0. The standard InChI is InChI=1S/C6H9N2.Li/c1-2-5-8-6-3-4-7-8;/h4,6H,2,5H2,1H3;/q-1;+1. The summed E-state index contributed by atoms with van der Waals surface area (Å²) >= 11 is 0. The summed E-state index contributed by atoms with van der Waals surface area (Å²) in [4.78, 5) is 0. The zero-order valence-corrected chi connectivity index (χ0v) is 5.96. The average Bonchev–Trinajstić information content (AvgIpc) is 2.19. The zero-order valence-electron chi connectivity index (χ0n) is 5.96. The maximum Gasteiger partial charge on any atom is 1.00 e. The summed E-state index contributed by atoms with van der Waals surface area (Å²) in [5.74, 6) is 0. The molecule has 0 aliphatic heterocycles. The van der Waals surface area contributed by atoms with E-state index in [1.807, 2.05) is 10.9 Å². The average molecular weight is 116 g/mol. The van der Waals surface area contributed by atoms with Gasteiger partial charge in [0.1, 0.15) is 0 Å². The second-order valence-electron chi connectivity index (χ2n) is 1.70. The number of hydrogen-bond donors (Lipinski definition) is 0. The molecule has 9 heavy (non-hydrogen) atoms. The van der Waals surface area contributed by atoms with Crippen LogP contribution in [0, 0.1) is 6.07 Å². The first kappa shape index (κ1) is 8.81. The molecule has 1 aromatic heterocycles. The van der Waals surface area contributed by atoms with E-state index in [0.29, 0.717) is 0 Å². The molecular formula is C6H9LiN2. The second kappa shape index (κ2) is 4.66. The number of nitrogens with zero attached hydrogens (tertiary/aromatic N) is 2. The molecule has 2 nitrogen and oxygen atoms in total. The van der Waals surface area contributed by atoms with E-state index in [4.69, 9.17) is 0 Å². The summed E-state index contributed by atoms with van der Waals surface area (Å²) in [6.07, 6.45) is 4.66. The van der Waals surface area contributed by atoms with Crippen molar-refractivity contribution in [2.24, 2.45) is 0 Å². The molecule has 1 rings (SSSR count). The van der Waals surface area contributed by atoms with Crippen LogP contribution in [0.3, 0.4) is 0 Å². The van der Waals surface area contributed by atoms with Gasteiger partial charge in [-0.15, -0.1) is 6.20 Å². The van der Waals surface area contributed by atoms with E-state index < -0.39 is 0 Å². The van der Waals surface area contributed by atoms with Gasteiger partial charge in [-0.3, -0.25) is 0 Å². The summed E-state index contributed by atoms with van der Waals surface area (Å²) in [5, 5.41) is 3.97. The Balaban J connectivity index is 0.000000640. The van der Waals surface area contributed by atoms with Gasteiger partial charge in [-0.25, -0.2) is 5.10 Å². The first-order valence-electron chi connectivity index (χ1n) is 2.82.